The highest BCUT2D eigenvalue weighted by atomic mass is 19.1. The largest absolute Gasteiger partial charge is 0.366 e. The summed E-state index contributed by atoms with van der Waals surface area (Å²) in [6.45, 7) is 0.844. The van der Waals surface area contributed by atoms with Crippen molar-refractivity contribution in [1.82, 2.24) is 4.90 Å². The summed E-state index contributed by atoms with van der Waals surface area (Å²) in [5, 5.41) is 10.5. The van der Waals surface area contributed by atoms with Crippen LogP contribution in [-0.4, -0.2) is 36.6 Å². The molecule has 1 heterocycles. The maximum atomic E-state index is 13.4. The fourth-order valence-electron chi connectivity index (χ4n) is 3.53. The van der Waals surface area contributed by atoms with Crippen molar-refractivity contribution in [3.05, 3.63) is 70.5 Å². The summed E-state index contributed by atoms with van der Waals surface area (Å²) in [6.07, 6.45) is 0.249. The molecule has 2 aromatic carbocycles. The summed E-state index contributed by atoms with van der Waals surface area (Å²) in [4.78, 5) is 13.5. The zero-order chi connectivity index (χ0) is 18.9. The minimum Gasteiger partial charge on any atom is -0.366 e. The molecule has 5 nitrogen and oxygen atoms in total. The molecule has 2 aromatic rings. The first-order chi connectivity index (χ1) is 12.3. The van der Waals surface area contributed by atoms with Gasteiger partial charge in [-0.15, -0.1) is 0 Å². The van der Waals surface area contributed by atoms with Crippen LogP contribution in [0.2, 0.25) is 0 Å². The Bertz CT molecular complexity index is 807. The number of fused-ring (bicyclic) bond motifs is 1. The van der Waals surface area contributed by atoms with Gasteiger partial charge in [-0.2, -0.15) is 0 Å². The van der Waals surface area contributed by atoms with E-state index in [0.717, 1.165) is 24.1 Å². The van der Waals surface area contributed by atoms with Crippen LogP contribution in [-0.2, 0) is 10.3 Å². The molecule has 1 amide bonds. The third-order valence-electron chi connectivity index (χ3n) is 4.79. The summed E-state index contributed by atoms with van der Waals surface area (Å²) >= 11 is 0. The van der Waals surface area contributed by atoms with Gasteiger partial charge in [0.15, 0.2) is 6.29 Å². The van der Waals surface area contributed by atoms with Crippen molar-refractivity contribution in [1.29, 1.82) is 0 Å². The zero-order valence-electron chi connectivity index (χ0n) is 14.9. The molecule has 0 saturated heterocycles. The Balaban J connectivity index is 2.08. The van der Waals surface area contributed by atoms with Crippen molar-refractivity contribution >= 4 is 5.91 Å². The first-order valence-electron chi connectivity index (χ1n) is 8.54. The van der Waals surface area contributed by atoms with Crippen LogP contribution in [0.1, 0.15) is 46.2 Å². The summed E-state index contributed by atoms with van der Waals surface area (Å²) in [6, 6.07) is 11.1. The fraction of sp³-hybridized carbons (Fsp3) is 0.350. The van der Waals surface area contributed by atoms with Gasteiger partial charge in [-0.3, -0.25) is 4.79 Å². The Hall–Kier alpha value is -2.28. The second kappa shape index (κ2) is 7.15. The first-order valence-corrected chi connectivity index (χ1v) is 8.54. The number of primary amides is 1. The lowest BCUT2D eigenvalue weighted by Gasteiger charge is -2.31. The number of aliphatic hydroxyl groups is 1. The molecule has 0 spiro atoms. The van der Waals surface area contributed by atoms with Crippen molar-refractivity contribution in [3.63, 3.8) is 0 Å². The lowest BCUT2D eigenvalue weighted by atomic mass is 9.81. The van der Waals surface area contributed by atoms with Gasteiger partial charge in [-0.05, 0) is 68.9 Å². The maximum Gasteiger partial charge on any atom is 0.248 e. The van der Waals surface area contributed by atoms with Crippen molar-refractivity contribution in [2.24, 2.45) is 5.73 Å². The number of ether oxygens (including phenoxy) is 1. The third-order valence-corrected chi connectivity index (χ3v) is 4.79. The molecule has 3 N–H and O–H groups in total. The maximum absolute atomic E-state index is 13.4. The van der Waals surface area contributed by atoms with E-state index in [0.29, 0.717) is 17.5 Å². The van der Waals surface area contributed by atoms with Crippen molar-refractivity contribution in [3.8, 4) is 0 Å². The molecule has 26 heavy (non-hydrogen) atoms. The quantitative estimate of drug-likeness (QED) is 0.832. The van der Waals surface area contributed by atoms with Crippen LogP contribution in [0.5, 0.6) is 0 Å². The molecule has 0 aromatic heterocycles. The average molecular weight is 358 g/mol. The van der Waals surface area contributed by atoms with Gasteiger partial charge in [-0.25, -0.2) is 4.39 Å². The molecule has 0 aliphatic carbocycles. The minimum atomic E-state index is -1.17. The van der Waals surface area contributed by atoms with Crippen LogP contribution < -0.4 is 5.73 Å². The predicted octanol–water partition coefficient (Wildman–Crippen LogP) is 2.53. The SMILES string of the molecule is CN(C)CCCC1(c2ccc(F)cc2)OC(O)c2cc(C(N)=O)ccc21. The summed E-state index contributed by atoms with van der Waals surface area (Å²) < 4.78 is 19.4. The fourth-order valence-corrected chi connectivity index (χ4v) is 3.53. The molecule has 138 valence electrons. The van der Waals surface area contributed by atoms with Gasteiger partial charge in [0.2, 0.25) is 5.91 Å². The number of carbonyl (C=O) groups is 1. The van der Waals surface area contributed by atoms with E-state index in [4.69, 9.17) is 10.5 Å². The number of hydrogen-bond donors (Lipinski definition) is 2. The minimum absolute atomic E-state index is 0.314. The first kappa shape index (κ1) is 18.5. The number of nitrogens with two attached hydrogens (primary N) is 1. The van der Waals surface area contributed by atoms with E-state index in [2.05, 4.69) is 4.90 Å². The Labute approximate surface area is 152 Å². The van der Waals surface area contributed by atoms with Gasteiger partial charge < -0.3 is 20.5 Å². The van der Waals surface area contributed by atoms with Crippen LogP contribution in [0.4, 0.5) is 4.39 Å². The number of nitrogens with zero attached hydrogens (tertiary/aromatic N) is 1. The van der Waals surface area contributed by atoms with Crippen molar-refractivity contribution in [2.45, 2.75) is 24.7 Å². The number of hydrogen-bond acceptors (Lipinski definition) is 4. The predicted molar refractivity (Wildman–Crippen MR) is 96.0 cm³/mol. The van der Waals surface area contributed by atoms with Gasteiger partial charge in [0.05, 0.1) is 0 Å². The Morgan fingerprint density at radius 3 is 2.58 bits per heavy atom. The van der Waals surface area contributed by atoms with E-state index in [-0.39, 0.29) is 5.82 Å². The van der Waals surface area contributed by atoms with Crippen molar-refractivity contribution in [2.75, 3.05) is 20.6 Å². The summed E-state index contributed by atoms with van der Waals surface area (Å²) in [5.74, 6) is -0.896. The van der Waals surface area contributed by atoms with Gasteiger partial charge >= 0.3 is 0 Å². The number of halogens is 1. The highest BCUT2D eigenvalue weighted by Crippen LogP contribution is 2.49. The smallest absolute Gasteiger partial charge is 0.248 e. The van der Waals surface area contributed by atoms with Crippen LogP contribution >= 0.6 is 0 Å². The zero-order valence-corrected chi connectivity index (χ0v) is 14.9. The highest BCUT2D eigenvalue weighted by molar-refractivity contribution is 5.93. The molecular weight excluding hydrogens is 335 g/mol. The van der Waals surface area contributed by atoms with E-state index < -0.39 is 17.8 Å². The van der Waals surface area contributed by atoms with Gasteiger partial charge in [0, 0.05) is 11.1 Å². The van der Waals surface area contributed by atoms with E-state index in [1.807, 2.05) is 14.1 Å². The molecule has 1 aliphatic heterocycles. The topological polar surface area (TPSA) is 75.8 Å². The molecule has 0 saturated carbocycles. The molecule has 0 radical (unpaired) electrons. The summed E-state index contributed by atoms with van der Waals surface area (Å²) in [5.41, 5.74) is 6.84. The monoisotopic (exact) mass is 358 g/mol. The molecule has 0 fully saturated rings. The molecule has 6 heteroatoms. The molecule has 0 bridgehead atoms. The van der Waals surface area contributed by atoms with Crippen molar-refractivity contribution < 1.29 is 19.0 Å². The van der Waals surface area contributed by atoms with Gasteiger partial charge in [0.25, 0.3) is 0 Å². The number of rotatable bonds is 6. The molecule has 2 atom stereocenters. The molecular formula is C20H23FN2O3. The van der Waals surface area contributed by atoms with Gasteiger partial charge in [0.1, 0.15) is 11.4 Å². The van der Waals surface area contributed by atoms with Gasteiger partial charge in [-0.1, -0.05) is 18.2 Å². The van der Waals surface area contributed by atoms with Crippen LogP contribution in [0, 0.1) is 5.82 Å². The number of aliphatic hydroxyl groups excluding tert-OH is 1. The standard InChI is InChI=1S/C20H23FN2O3/c1-23(2)11-3-10-20(14-5-7-15(21)8-6-14)17-9-4-13(18(22)24)12-16(17)19(25)26-20/h4-9,12,19,25H,3,10-11H2,1-2H3,(H2,22,24). The van der Waals surface area contributed by atoms with Crippen LogP contribution in [0.3, 0.4) is 0 Å². The Morgan fingerprint density at radius 2 is 1.96 bits per heavy atom. The Kier molecular flexibility index (Phi) is 5.09. The second-order valence-corrected chi connectivity index (χ2v) is 6.88. The average Bonchev–Trinajstić information content (AvgIpc) is 2.88. The van der Waals surface area contributed by atoms with Crippen LogP contribution in [0.25, 0.3) is 0 Å². The summed E-state index contributed by atoms with van der Waals surface area (Å²) in [7, 11) is 3.98. The van der Waals surface area contributed by atoms with E-state index in [1.54, 1.807) is 30.3 Å². The highest BCUT2D eigenvalue weighted by Gasteiger charge is 2.45. The molecule has 3 rings (SSSR count). The number of carbonyl (C=O) groups excluding carboxylic acids is 1. The number of benzene rings is 2. The van der Waals surface area contributed by atoms with E-state index >= 15 is 0 Å². The number of amides is 1. The lowest BCUT2D eigenvalue weighted by Crippen LogP contribution is -2.29. The van der Waals surface area contributed by atoms with E-state index in [9.17, 15) is 14.3 Å². The molecule has 1 aliphatic rings. The third kappa shape index (κ3) is 3.35. The lowest BCUT2D eigenvalue weighted by molar-refractivity contribution is -0.159. The normalized spacial score (nSPS) is 21.8. The van der Waals surface area contributed by atoms with Crippen LogP contribution in [0.15, 0.2) is 42.5 Å². The second-order valence-electron chi connectivity index (χ2n) is 6.88. The molecule has 2 unspecified atom stereocenters. The van der Waals surface area contributed by atoms with E-state index in [1.165, 1.54) is 12.1 Å². The Morgan fingerprint density at radius 1 is 1.27 bits per heavy atom.